The quantitative estimate of drug-likeness (QED) is 0.561. The van der Waals surface area contributed by atoms with E-state index in [0.717, 1.165) is 0 Å². The summed E-state index contributed by atoms with van der Waals surface area (Å²) in [5.74, 6) is 0.425. The number of Topliss-reactive ketones (excluding diaryl/α,β-unsaturated/α-hetero) is 1. The van der Waals surface area contributed by atoms with Crippen LogP contribution in [0.25, 0.3) is 11.3 Å². The van der Waals surface area contributed by atoms with E-state index in [0.29, 0.717) is 22.4 Å². The number of aliphatic hydroxyl groups excluding tert-OH is 1. The molecule has 1 aliphatic rings. The van der Waals surface area contributed by atoms with Gasteiger partial charge in [0.1, 0.15) is 11.5 Å². The van der Waals surface area contributed by atoms with Gasteiger partial charge in [-0.05, 0) is 12.1 Å². The van der Waals surface area contributed by atoms with E-state index in [1.165, 1.54) is 0 Å². The zero-order valence-corrected chi connectivity index (χ0v) is 8.12. The van der Waals surface area contributed by atoms with Gasteiger partial charge in [0.15, 0.2) is 12.4 Å². The van der Waals surface area contributed by atoms with Crippen molar-refractivity contribution in [1.82, 2.24) is 0 Å². The van der Waals surface area contributed by atoms with Crippen LogP contribution in [0.1, 0.15) is 11.1 Å². The largest absolute Gasteiger partial charge is 0.508 e. The molecule has 0 aliphatic carbocycles. The predicted molar refractivity (Wildman–Crippen MR) is 57.6 cm³/mol. The number of fused-ring (bicyclic) bond motifs is 1. The molecule has 15 heavy (non-hydrogen) atoms. The lowest BCUT2D eigenvalue weighted by molar-refractivity contribution is -0.116. The Hall–Kier alpha value is -2.03. The Morgan fingerprint density at radius 2 is 2.20 bits per heavy atom. The van der Waals surface area contributed by atoms with Gasteiger partial charge in [-0.25, -0.2) is 0 Å². The molecular weight excluding hydrogens is 192 g/mol. The lowest BCUT2D eigenvalue weighted by atomic mass is 9.98. The maximum Gasteiger partial charge on any atom is 0.200 e. The number of hydrogen-bond acceptors (Lipinski definition) is 3. The normalized spacial score (nSPS) is 14.4. The molecule has 0 spiro atoms. The van der Waals surface area contributed by atoms with E-state index in [1.54, 1.807) is 18.2 Å². The van der Waals surface area contributed by atoms with Crippen LogP contribution in [0.15, 0.2) is 31.4 Å². The first-order valence-corrected chi connectivity index (χ1v) is 4.47. The molecule has 0 saturated heterocycles. The number of carbonyl (C=O) groups excluding carboxylic acids is 1. The van der Waals surface area contributed by atoms with Crippen LogP contribution in [-0.2, 0) is 4.79 Å². The van der Waals surface area contributed by atoms with E-state index < -0.39 is 0 Å². The SMILES string of the molecule is C=C(O)c1ccc2c(c1)OCC(=O)C2=C. The van der Waals surface area contributed by atoms with Gasteiger partial charge >= 0.3 is 0 Å². The topological polar surface area (TPSA) is 46.5 Å². The van der Waals surface area contributed by atoms with Crippen molar-refractivity contribution < 1.29 is 14.6 Å². The third kappa shape index (κ3) is 1.52. The highest BCUT2D eigenvalue weighted by Gasteiger charge is 2.21. The molecule has 1 aromatic carbocycles. The second-order valence-electron chi connectivity index (χ2n) is 3.35. The van der Waals surface area contributed by atoms with Crippen LogP contribution in [0, 0.1) is 0 Å². The van der Waals surface area contributed by atoms with Gasteiger partial charge in [0.25, 0.3) is 0 Å². The lowest BCUT2D eigenvalue weighted by Gasteiger charge is -2.18. The van der Waals surface area contributed by atoms with Crippen molar-refractivity contribution >= 4 is 17.1 Å². The zero-order valence-electron chi connectivity index (χ0n) is 8.12. The third-order valence-corrected chi connectivity index (χ3v) is 2.34. The van der Waals surface area contributed by atoms with Gasteiger partial charge in [0, 0.05) is 16.7 Å². The molecule has 1 aromatic rings. The fraction of sp³-hybridized carbons (Fsp3) is 0.0833. The Morgan fingerprint density at radius 1 is 1.47 bits per heavy atom. The van der Waals surface area contributed by atoms with Gasteiger partial charge in [-0.1, -0.05) is 19.2 Å². The summed E-state index contributed by atoms with van der Waals surface area (Å²) in [5.41, 5.74) is 1.71. The molecule has 0 atom stereocenters. The molecule has 3 heteroatoms. The van der Waals surface area contributed by atoms with Crippen molar-refractivity contribution in [3.05, 3.63) is 42.5 Å². The van der Waals surface area contributed by atoms with Crippen LogP contribution in [0.3, 0.4) is 0 Å². The van der Waals surface area contributed by atoms with Gasteiger partial charge in [-0.2, -0.15) is 0 Å². The Bertz CT molecular complexity index is 472. The first-order valence-electron chi connectivity index (χ1n) is 4.47. The monoisotopic (exact) mass is 202 g/mol. The second kappa shape index (κ2) is 3.28. The molecule has 0 radical (unpaired) electrons. The van der Waals surface area contributed by atoms with Gasteiger partial charge in [-0.15, -0.1) is 0 Å². The highest BCUT2D eigenvalue weighted by Crippen LogP contribution is 2.31. The van der Waals surface area contributed by atoms with Crippen molar-refractivity contribution in [3.63, 3.8) is 0 Å². The Morgan fingerprint density at radius 3 is 2.87 bits per heavy atom. The fourth-order valence-corrected chi connectivity index (χ4v) is 1.45. The van der Waals surface area contributed by atoms with Crippen molar-refractivity contribution in [2.75, 3.05) is 6.61 Å². The Labute approximate surface area is 87.3 Å². The summed E-state index contributed by atoms with van der Waals surface area (Å²) in [4.78, 5) is 11.3. The van der Waals surface area contributed by atoms with E-state index in [-0.39, 0.29) is 18.1 Å². The molecule has 0 saturated carbocycles. The standard InChI is InChI=1S/C12H10O3/c1-7-10-4-3-9(8(2)13)5-12(10)15-6-11(7)14/h3-5,13H,1-2,6H2. The maximum absolute atomic E-state index is 11.3. The fourth-order valence-electron chi connectivity index (χ4n) is 1.45. The molecule has 0 unspecified atom stereocenters. The van der Waals surface area contributed by atoms with Gasteiger partial charge < -0.3 is 9.84 Å². The molecule has 1 N–H and O–H groups in total. The Kier molecular flexibility index (Phi) is 2.08. The molecule has 2 rings (SSSR count). The molecular formula is C12H10O3. The van der Waals surface area contributed by atoms with E-state index in [9.17, 15) is 9.90 Å². The molecule has 1 aliphatic heterocycles. The van der Waals surface area contributed by atoms with Crippen molar-refractivity contribution in [1.29, 1.82) is 0 Å². The number of hydrogen-bond donors (Lipinski definition) is 1. The number of ketones is 1. The second-order valence-corrected chi connectivity index (χ2v) is 3.35. The summed E-state index contributed by atoms with van der Waals surface area (Å²) in [5, 5.41) is 9.20. The summed E-state index contributed by atoms with van der Waals surface area (Å²) in [6.07, 6.45) is 0. The van der Waals surface area contributed by atoms with Gasteiger partial charge in [0.05, 0.1) is 0 Å². The minimum absolute atomic E-state index is 0.00713. The predicted octanol–water partition coefficient (Wildman–Crippen LogP) is 2.19. The molecule has 0 aromatic heterocycles. The van der Waals surface area contributed by atoms with Crippen molar-refractivity contribution in [3.8, 4) is 5.75 Å². The van der Waals surface area contributed by atoms with Crippen LogP contribution in [0.4, 0.5) is 0 Å². The number of ether oxygens (including phenoxy) is 1. The van der Waals surface area contributed by atoms with E-state index in [4.69, 9.17) is 4.74 Å². The highest BCUT2D eigenvalue weighted by atomic mass is 16.5. The first-order chi connectivity index (χ1) is 7.09. The third-order valence-electron chi connectivity index (χ3n) is 2.34. The average Bonchev–Trinajstić information content (AvgIpc) is 2.23. The van der Waals surface area contributed by atoms with Gasteiger partial charge in [-0.3, -0.25) is 4.79 Å². The minimum atomic E-state index is -0.113. The van der Waals surface area contributed by atoms with Crippen LogP contribution in [-0.4, -0.2) is 17.5 Å². The number of rotatable bonds is 1. The molecule has 76 valence electrons. The molecule has 3 nitrogen and oxygen atoms in total. The van der Waals surface area contributed by atoms with Crippen LogP contribution < -0.4 is 4.74 Å². The minimum Gasteiger partial charge on any atom is -0.508 e. The molecule has 1 heterocycles. The van der Waals surface area contributed by atoms with E-state index >= 15 is 0 Å². The summed E-state index contributed by atoms with van der Waals surface area (Å²) in [6, 6.07) is 5.02. The summed E-state index contributed by atoms with van der Waals surface area (Å²) in [7, 11) is 0. The smallest absolute Gasteiger partial charge is 0.200 e. The molecule has 0 bridgehead atoms. The summed E-state index contributed by atoms with van der Waals surface area (Å²) < 4.78 is 5.23. The summed E-state index contributed by atoms with van der Waals surface area (Å²) >= 11 is 0. The van der Waals surface area contributed by atoms with Crippen molar-refractivity contribution in [2.24, 2.45) is 0 Å². The van der Waals surface area contributed by atoms with Gasteiger partial charge in [0.2, 0.25) is 0 Å². The lowest BCUT2D eigenvalue weighted by Crippen LogP contribution is -2.18. The van der Waals surface area contributed by atoms with E-state index in [1.807, 2.05) is 0 Å². The van der Waals surface area contributed by atoms with Crippen LogP contribution in [0.2, 0.25) is 0 Å². The van der Waals surface area contributed by atoms with Crippen LogP contribution in [0.5, 0.6) is 5.75 Å². The number of benzene rings is 1. The van der Waals surface area contributed by atoms with E-state index in [2.05, 4.69) is 13.2 Å². The zero-order chi connectivity index (χ0) is 11.0. The van der Waals surface area contributed by atoms with Crippen molar-refractivity contribution in [2.45, 2.75) is 0 Å². The number of aliphatic hydroxyl groups is 1. The van der Waals surface area contributed by atoms with Crippen LogP contribution >= 0.6 is 0 Å². The molecule has 0 fully saturated rings. The summed E-state index contributed by atoms with van der Waals surface area (Å²) in [6.45, 7) is 7.12. The highest BCUT2D eigenvalue weighted by molar-refractivity contribution is 6.22. The Balaban J connectivity index is 2.51. The number of carbonyl (C=O) groups is 1. The molecule has 0 amide bonds. The average molecular weight is 202 g/mol. The first kappa shape index (κ1) is 9.52. The maximum atomic E-state index is 11.3.